The smallest absolute Gasteiger partial charge is 0.142 e. The molecule has 0 saturated heterocycles. The van der Waals surface area contributed by atoms with Crippen LogP contribution < -0.4 is 9.64 Å². The fraction of sp³-hybridized carbons (Fsp3) is 0.400. The van der Waals surface area contributed by atoms with Crippen LogP contribution in [-0.4, -0.2) is 26.6 Å². The van der Waals surface area contributed by atoms with Crippen molar-refractivity contribution >= 4 is 17.3 Å². The Bertz CT molecular complexity index is 263. The van der Waals surface area contributed by atoms with Gasteiger partial charge in [-0.05, 0) is 12.1 Å². The van der Waals surface area contributed by atoms with E-state index in [4.69, 9.17) is 16.3 Å². The number of ether oxygens (including phenoxy) is 1. The Morgan fingerprint density at radius 1 is 1.31 bits per heavy atom. The van der Waals surface area contributed by atoms with Gasteiger partial charge in [0.25, 0.3) is 0 Å². The minimum absolute atomic E-state index is 0.516. The monoisotopic (exact) mass is 199 g/mol. The second-order valence-electron chi connectivity index (χ2n) is 2.90. The van der Waals surface area contributed by atoms with E-state index < -0.39 is 0 Å². The molecule has 0 spiro atoms. The number of hydrogen-bond acceptors (Lipinski definition) is 2. The third-order valence-corrected chi connectivity index (χ3v) is 1.84. The molecule has 0 fully saturated rings. The van der Waals surface area contributed by atoms with Crippen LogP contribution >= 0.6 is 11.6 Å². The second-order valence-corrected chi connectivity index (χ2v) is 3.28. The molecule has 1 aromatic rings. The third kappa shape index (κ3) is 2.81. The van der Waals surface area contributed by atoms with Crippen molar-refractivity contribution in [3.8, 4) is 5.75 Å². The van der Waals surface area contributed by atoms with Crippen molar-refractivity contribution in [3.63, 3.8) is 0 Å². The first-order valence-electron chi connectivity index (χ1n) is 4.21. The summed E-state index contributed by atoms with van der Waals surface area (Å²) in [6, 6.07) is 7.91. The normalized spacial score (nSPS) is 9.77. The second kappa shape index (κ2) is 4.97. The Hall–Kier alpha value is -0.890. The molecule has 72 valence electrons. The van der Waals surface area contributed by atoms with Gasteiger partial charge in [0.15, 0.2) is 0 Å². The van der Waals surface area contributed by atoms with Gasteiger partial charge in [-0.15, -0.1) is 11.6 Å². The van der Waals surface area contributed by atoms with Crippen molar-refractivity contribution in [1.82, 2.24) is 0 Å². The number of hydrogen-bond donors (Lipinski definition) is 0. The molecule has 0 aliphatic heterocycles. The first kappa shape index (κ1) is 10.2. The number of anilines is 1. The maximum absolute atomic E-state index is 5.54. The fourth-order valence-electron chi connectivity index (χ4n) is 1.10. The summed E-state index contributed by atoms with van der Waals surface area (Å²) >= 11 is 5.54. The van der Waals surface area contributed by atoms with Gasteiger partial charge < -0.3 is 9.64 Å². The lowest BCUT2D eigenvalue weighted by Crippen LogP contribution is -2.11. The molecule has 1 aromatic carbocycles. The van der Waals surface area contributed by atoms with Gasteiger partial charge in [-0.2, -0.15) is 0 Å². The van der Waals surface area contributed by atoms with Crippen LogP contribution in [0.25, 0.3) is 0 Å². The van der Waals surface area contributed by atoms with Crippen molar-refractivity contribution in [1.29, 1.82) is 0 Å². The first-order chi connectivity index (χ1) is 6.25. The molecule has 0 saturated carbocycles. The molecule has 1 rings (SSSR count). The van der Waals surface area contributed by atoms with E-state index in [1.54, 1.807) is 0 Å². The van der Waals surface area contributed by atoms with E-state index in [-0.39, 0.29) is 0 Å². The highest BCUT2D eigenvalue weighted by molar-refractivity contribution is 6.18. The highest BCUT2D eigenvalue weighted by atomic mass is 35.5. The molecule has 2 nitrogen and oxygen atoms in total. The van der Waals surface area contributed by atoms with Crippen LogP contribution in [0.1, 0.15) is 0 Å². The predicted molar refractivity (Wildman–Crippen MR) is 57.0 cm³/mol. The predicted octanol–water partition coefficient (Wildman–Crippen LogP) is 2.37. The third-order valence-electron chi connectivity index (χ3n) is 1.68. The Morgan fingerprint density at radius 3 is 2.62 bits per heavy atom. The maximum atomic E-state index is 5.54. The summed E-state index contributed by atoms with van der Waals surface area (Å²) in [5.74, 6) is 1.40. The number of rotatable bonds is 4. The van der Waals surface area contributed by atoms with Gasteiger partial charge in [0.05, 0.1) is 11.6 Å². The molecule has 0 radical (unpaired) electrons. The van der Waals surface area contributed by atoms with Gasteiger partial charge in [0.1, 0.15) is 12.4 Å². The standard InChI is InChI=1S/C10H14ClNO/c1-12(2)9-5-3-4-6-10(9)13-8-7-11/h3-6H,7-8H2,1-2H3. The zero-order valence-corrected chi connectivity index (χ0v) is 8.71. The zero-order chi connectivity index (χ0) is 9.68. The van der Waals surface area contributed by atoms with E-state index in [2.05, 4.69) is 0 Å². The van der Waals surface area contributed by atoms with E-state index in [9.17, 15) is 0 Å². The van der Waals surface area contributed by atoms with E-state index in [1.165, 1.54) is 0 Å². The minimum atomic E-state index is 0.516. The lowest BCUT2D eigenvalue weighted by Gasteiger charge is -2.16. The topological polar surface area (TPSA) is 12.5 Å². The molecule has 0 aliphatic rings. The summed E-state index contributed by atoms with van der Waals surface area (Å²) in [5.41, 5.74) is 1.08. The quantitative estimate of drug-likeness (QED) is 0.691. The molecule has 0 aromatic heterocycles. The summed E-state index contributed by atoms with van der Waals surface area (Å²) in [6.45, 7) is 0.548. The van der Waals surface area contributed by atoms with Crippen molar-refractivity contribution < 1.29 is 4.74 Å². The highest BCUT2D eigenvalue weighted by Crippen LogP contribution is 2.25. The fourth-order valence-corrected chi connectivity index (χ4v) is 1.17. The number of nitrogens with zero attached hydrogens (tertiary/aromatic N) is 1. The summed E-state index contributed by atoms with van der Waals surface area (Å²) in [6.07, 6.45) is 0. The summed E-state index contributed by atoms with van der Waals surface area (Å²) in [5, 5.41) is 0. The Balaban J connectivity index is 2.78. The molecule has 0 bridgehead atoms. The number of para-hydroxylation sites is 2. The van der Waals surface area contributed by atoms with Gasteiger partial charge in [-0.3, -0.25) is 0 Å². The summed E-state index contributed by atoms with van der Waals surface area (Å²) in [7, 11) is 3.98. The van der Waals surface area contributed by atoms with Gasteiger partial charge in [-0.25, -0.2) is 0 Å². The largest absolute Gasteiger partial charge is 0.490 e. The van der Waals surface area contributed by atoms with Crippen LogP contribution in [0.3, 0.4) is 0 Å². The Kier molecular flexibility index (Phi) is 3.90. The average Bonchev–Trinajstić information content (AvgIpc) is 2.15. The van der Waals surface area contributed by atoms with Gasteiger partial charge in [-0.1, -0.05) is 12.1 Å². The molecule has 0 aliphatic carbocycles. The number of halogens is 1. The minimum Gasteiger partial charge on any atom is -0.490 e. The van der Waals surface area contributed by atoms with Crippen molar-refractivity contribution in [2.75, 3.05) is 31.5 Å². The molecule has 0 unspecified atom stereocenters. The average molecular weight is 200 g/mol. The van der Waals surface area contributed by atoms with Crippen LogP contribution in [-0.2, 0) is 0 Å². The molecule has 0 N–H and O–H groups in total. The van der Waals surface area contributed by atoms with E-state index in [0.29, 0.717) is 12.5 Å². The summed E-state index contributed by atoms with van der Waals surface area (Å²) in [4.78, 5) is 2.02. The Labute approximate surface area is 84.1 Å². The van der Waals surface area contributed by atoms with Gasteiger partial charge in [0.2, 0.25) is 0 Å². The molecule has 0 amide bonds. The van der Waals surface area contributed by atoms with E-state index in [1.807, 2.05) is 43.3 Å². The SMILES string of the molecule is CN(C)c1ccccc1OCCCl. The van der Waals surface area contributed by atoms with Crippen molar-refractivity contribution in [2.24, 2.45) is 0 Å². The molecule has 13 heavy (non-hydrogen) atoms. The molecular formula is C10H14ClNO. The Morgan fingerprint density at radius 2 is 2.00 bits per heavy atom. The molecule has 0 atom stereocenters. The van der Waals surface area contributed by atoms with Crippen LogP contribution in [0.5, 0.6) is 5.75 Å². The van der Waals surface area contributed by atoms with E-state index in [0.717, 1.165) is 11.4 Å². The van der Waals surface area contributed by atoms with E-state index >= 15 is 0 Å². The highest BCUT2D eigenvalue weighted by Gasteiger charge is 2.03. The first-order valence-corrected chi connectivity index (χ1v) is 4.74. The van der Waals surface area contributed by atoms with Gasteiger partial charge >= 0.3 is 0 Å². The number of alkyl halides is 1. The zero-order valence-electron chi connectivity index (χ0n) is 7.96. The molecule has 0 heterocycles. The van der Waals surface area contributed by atoms with Gasteiger partial charge in [0, 0.05) is 14.1 Å². The lowest BCUT2D eigenvalue weighted by atomic mass is 10.3. The van der Waals surface area contributed by atoms with Crippen LogP contribution in [0.4, 0.5) is 5.69 Å². The summed E-state index contributed by atoms with van der Waals surface area (Å²) < 4.78 is 5.47. The molecule has 3 heteroatoms. The maximum Gasteiger partial charge on any atom is 0.142 e. The van der Waals surface area contributed by atoms with Crippen molar-refractivity contribution in [3.05, 3.63) is 24.3 Å². The van der Waals surface area contributed by atoms with Crippen LogP contribution in [0, 0.1) is 0 Å². The van der Waals surface area contributed by atoms with Crippen LogP contribution in [0.2, 0.25) is 0 Å². The molecular weight excluding hydrogens is 186 g/mol. The number of benzene rings is 1. The lowest BCUT2D eigenvalue weighted by molar-refractivity contribution is 0.343. The van der Waals surface area contributed by atoms with Crippen LogP contribution in [0.15, 0.2) is 24.3 Å². The van der Waals surface area contributed by atoms with Crippen molar-refractivity contribution in [2.45, 2.75) is 0 Å².